The normalized spacial score (nSPS) is 11.1. The van der Waals surface area contributed by atoms with Crippen LogP contribution in [0.5, 0.6) is 0 Å². The van der Waals surface area contributed by atoms with Gasteiger partial charge in [-0.1, -0.05) is 0 Å². The third-order valence-electron chi connectivity index (χ3n) is 1.35. The monoisotopic (exact) mass is 213 g/mol. The van der Waals surface area contributed by atoms with E-state index >= 15 is 0 Å². The standard InChI is InChI=1S/C10H15NO2S/c1-7-5-8(14-6-7)11-9(12)13-10(2,3)4/h5-6H,1-4H3,(H,11,12). The molecule has 78 valence electrons. The summed E-state index contributed by atoms with van der Waals surface area (Å²) in [4.78, 5) is 11.3. The van der Waals surface area contributed by atoms with Crippen LogP contribution in [0.2, 0.25) is 0 Å². The van der Waals surface area contributed by atoms with Crippen LogP contribution in [0.4, 0.5) is 9.80 Å². The summed E-state index contributed by atoms with van der Waals surface area (Å²) >= 11 is 1.49. The smallest absolute Gasteiger partial charge is 0.412 e. The Kier molecular flexibility index (Phi) is 3.16. The molecule has 1 aromatic rings. The summed E-state index contributed by atoms with van der Waals surface area (Å²) in [5, 5.41) is 5.47. The fourth-order valence-electron chi connectivity index (χ4n) is 0.901. The molecular formula is C10H15NO2S. The zero-order chi connectivity index (χ0) is 10.8. The van der Waals surface area contributed by atoms with Crippen LogP contribution in [0.25, 0.3) is 0 Å². The Balaban J connectivity index is 2.50. The van der Waals surface area contributed by atoms with Gasteiger partial charge in [-0.3, -0.25) is 5.32 Å². The van der Waals surface area contributed by atoms with E-state index in [1.807, 2.05) is 39.1 Å². The van der Waals surface area contributed by atoms with E-state index in [0.29, 0.717) is 0 Å². The molecule has 1 N–H and O–H groups in total. The van der Waals surface area contributed by atoms with Crippen LogP contribution in [-0.4, -0.2) is 11.7 Å². The second-order valence-electron chi connectivity index (χ2n) is 4.12. The summed E-state index contributed by atoms with van der Waals surface area (Å²) in [6, 6.07) is 1.91. The first-order chi connectivity index (χ1) is 6.37. The molecule has 0 unspecified atom stereocenters. The van der Waals surface area contributed by atoms with Gasteiger partial charge < -0.3 is 4.74 Å². The van der Waals surface area contributed by atoms with Gasteiger partial charge in [0.25, 0.3) is 0 Å². The molecule has 3 nitrogen and oxygen atoms in total. The zero-order valence-electron chi connectivity index (χ0n) is 8.88. The number of aryl methyl sites for hydroxylation is 1. The van der Waals surface area contributed by atoms with Crippen LogP contribution in [0.15, 0.2) is 11.4 Å². The molecule has 0 aliphatic heterocycles. The maximum atomic E-state index is 11.3. The largest absolute Gasteiger partial charge is 0.444 e. The van der Waals surface area contributed by atoms with Crippen molar-refractivity contribution in [3.8, 4) is 0 Å². The number of anilines is 1. The van der Waals surface area contributed by atoms with Crippen molar-refractivity contribution < 1.29 is 9.53 Å². The molecule has 1 rings (SSSR count). The van der Waals surface area contributed by atoms with Crippen molar-refractivity contribution in [1.29, 1.82) is 0 Å². The topological polar surface area (TPSA) is 38.3 Å². The first kappa shape index (κ1) is 11.0. The van der Waals surface area contributed by atoms with E-state index < -0.39 is 11.7 Å². The molecule has 0 bridgehead atoms. The highest BCUT2D eigenvalue weighted by Gasteiger charge is 2.16. The maximum Gasteiger partial charge on any atom is 0.412 e. The van der Waals surface area contributed by atoms with Crippen molar-refractivity contribution in [2.75, 3.05) is 5.32 Å². The Hall–Kier alpha value is -1.03. The number of thiophene rings is 1. The van der Waals surface area contributed by atoms with Crippen LogP contribution < -0.4 is 5.32 Å². The van der Waals surface area contributed by atoms with E-state index in [2.05, 4.69) is 5.32 Å². The number of ether oxygens (including phenoxy) is 1. The average molecular weight is 213 g/mol. The van der Waals surface area contributed by atoms with E-state index in [4.69, 9.17) is 4.74 Å². The fraction of sp³-hybridized carbons (Fsp3) is 0.500. The maximum absolute atomic E-state index is 11.3. The van der Waals surface area contributed by atoms with Crippen molar-refractivity contribution in [2.45, 2.75) is 33.3 Å². The van der Waals surface area contributed by atoms with E-state index in [9.17, 15) is 4.79 Å². The van der Waals surface area contributed by atoms with E-state index in [-0.39, 0.29) is 0 Å². The fourth-order valence-corrected chi connectivity index (χ4v) is 1.68. The van der Waals surface area contributed by atoms with Gasteiger partial charge in [-0.2, -0.15) is 0 Å². The second kappa shape index (κ2) is 4.00. The Labute approximate surface area is 88.1 Å². The van der Waals surface area contributed by atoms with E-state index in [0.717, 1.165) is 10.6 Å². The third kappa shape index (κ3) is 3.79. The molecule has 0 radical (unpaired) electrons. The minimum absolute atomic E-state index is 0.403. The lowest BCUT2D eigenvalue weighted by atomic mass is 10.2. The molecule has 14 heavy (non-hydrogen) atoms. The molecule has 0 aliphatic rings. The van der Waals surface area contributed by atoms with Gasteiger partial charge in [-0.05, 0) is 44.7 Å². The number of nitrogens with one attached hydrogen (secondary N) is 1. The van der Waals surface area contributed by atoms with Gasteiger partial charge in [-0.15, -0.1) is 11.3 Å². The summed E-state index contributed by atoms with van der Waals surface area (Å²) in [6.45, 7) is 7.50. The lowest BCUT2D eigenvalue weighted by Gasteiger charge is -2.19. The van der Waals surface area contributed by atoms with Crippen LogP contribution in [0, 0.1) is 6.92 Å². The Morgan fingerprint density at radius 2 is 2.14 bits per heavy atom. The number of carbonyl (C=O) groups excluding carboxylic acids is 1. The van der Waals surface area contributed by atoms with E-state index in [1.54, 1.807) is 0 Å². The number of hydrogen-bond acceptors (Lipinski definition) is 3. The summed E-state index contributed by atoms with van der Waals surface area (Å²) < 4.78 is 5.11. The lowest BCUT2D eigenvalue weighted by molar-refractivity contribution is 0.0636. The van der Waals surface area contributed by atoms with Gasteiger partial charge in [0.1, 0.15) is 5.60 Å². The van der Waals surface area contributed by atoms with Crippen molar-refractivity contribution in [3.63, 3.8) is 0 Å². The Morgan fingerprint density at radius 1 is 1.50 bits per heavy atom. The summed E-state index contributed by atoms with van der Waals surface area (Å²) in [6.07, 6.45) is -0.403. The summed E-state index contributed by atoms with van der Waals surface area (Å²) in [7, 11) is 0. The number of carbonyl (C=O) groups is 1. The molecule has 1 aromatic heterocycles. The van der Waals surface area contributed by atoms with Crippen LogP contribution >= 0.6 is 11.3 Å². The molecule has 0 saturated heterocycles. The van der Waals surface area contributed by atoms with Gasteiger partial charge in [0.2, 0.25) is 0 Å². The molecule has 0 fully saturated rings. The van der Waals surface area contributed by atoms with E-state index in [1.165, 1.54) is 11.3 Å². The molecule has 4 heteroatoms. The SMILES string of the molecule is Cc1csc(NC(=O)OC(C)(C)C)c1. The van der Waals surface area contributed by atoms with Crippen LogP contribution in [-0.2, 0) is 4.74 Å². The molecule has 0 aromatic carbocycles. The number of hydrogen-bond donors (Lipinski definition) is 1. The minimum Gasteiger partial charge on any atom is -0.444 e. The average Bonchev–Trinajstić information content (AvgIpc) is 2.30. The lowest BCUT2D eigenvalue weighted by Crippen LogP contribution is -2.26. The second-order valence-corrected chi connectivity index (χ2v) is 5.03. The number of amides is 1. The molecular weight excluding hydrogens is 198 g/mol. The quantitative estimate of drug-likeness (QED) is 0.776. The predicted octanol–water partition coefficient (Wildman–Crippen LogP) is 3.40. The third-order valence-corrected chi connectivity index (χ3v) is 2.32. The van der Waals surface area contributed by atoms with Crippen molar-refractivity contribution >= 4 is 22.4 Å². The Bertz CT molecular complexity index is 325. The van der Waals surface area contributed by atoms with Gasteiger partial charge in [0.05, 0.1) is 5.00 Å². The Morgan fingerprint density at radius 3 is 2.57 bits per heavy atom. The van der Waals surface area contributed by atoms with Crippen LogP contribution in [0.3, 0.4) is 0 Å². The van der Waals surface area contributed by atoms with Gasteiger partial charge in [0.15, 0.2) is 0 Å². The highest BCUT2D eigenvalue weighted by Crippen LogP contribution is 2.20. The van der Waals surface area contributed by atoms with Gasteiger partial charge in [-0.25, -0.2) is 4.79 Å². The summed E-state index contributed by atoms with van der Waals surface area (Å²) in [5.74, 6) is 0. The van der Waals surface area contributed by atoms with Gasteiger partial charge in [0, 0.05) is 0 Å². The summed E-state index contributed by atoms with van der Waals surface area (Å²) in [5.41, 5.74) is 0.692. The molecule has 1 amide bonds. The molecule has 0 atom stereocenters. The highest BCUT2D eigenvalue weighted by atomic mass is 32.1. The highest BCUT2D eigenvalue weighted by molar-refractivity contribution is 7.14. The molecule has 0 spiro atoms. The molecule has 0 saturated carbocycles. The molecule has 0 aliphatic carbocycles. The first-order valence-corrected chi connectivity index (χ1v) is 5.30. The van der Waals surface area contributed by atoms with Crippen molar-refractivity contribution in [2.24, 2.45) is 0 Å². The minimum atomic E-state index is -0.448. The van der Waals surface area contributed by atoms with Crippen LogP contribution in [0.1, 0.15) is 26.3 Å². The number of rotatable bonds is 1. The van der Waals surface area contributed by atoms with Gasteiger partial charge >= 0.3 is 6.09 Å². The molecule has 1 heterocycles. The first-order valence-electron chi connectivity index (χ1n) is 4.42. The predicted molar refractivity (Wildman–Crippen MR) is 58.9 cm³/mol. The zero-order valence-corrected chi connectivity index (χ0v) is 9.70. The van der Waals surface area contributed by atoms with Crippen molar-refractivity contribution in [3.05, 3.63) is 17.0 Å². The van der Waals surface area contributed by atoms with Crippen molar-refractivity contribution in [1.82, 2.24) is 0 Å².